The molecule has 11 heteroatoms. The molecule has 0 spiro atoms. The second-order valence-electron chi connectivity index (χ2n) is 5.59. The fourth-order valence-corrected chi connectivity index (χ4v) is 4.01. The summed E-state index contributed by atoms with van der Waals surface area (Å²) in [5, 5.41) is 2.61. The Hall–Kier alpha value is -2.89. The molecule has 2 N–H and O–H groups in total. The number of hydrogen-bond donors (Lipinski definition) is 2. The minimum atomic E-state index is -3.70. The molecule has 2 aromatic carbocycles. The van der Waals surface area contributed by atoms with Gasteiger partial charge in [0.1, 0.15) is 11.0 Å². The molecule has 0 bridgehead atoms. The largest absolute Gasteiger partial charge is 0.452 e. The van der Waals surface area contributed by atoms with Crippen LogP contribution in [0, 0.1) is 0 Å². The number of amides is 1. The Kier molecular flexibility index (Phi) is 5.97. The van der Waals surface area contributed by atoms with Crippen LogP contribution in [-0.2, 0) is 19.6 Å². The maximum Gasteiger partial charge on any atom is 0.338 e. The topological polar surface area (TPSA) is 127 Å². The molecule has 1 heterocycles. The van der Waals surface area contributed by atoms with Gasteiger partial charge in [0.05, 0.1) is 27.9 Å². The normalized spacial score (nSPS) is 11.3. The number of esters is 1. The summed E-state index contributed by atoms with van der Waals surface area (Å²) in [4.78, 5) is 24.2. The van der Waals surface area contributed by atoms with Crippen molar-refractivity contribution in [2.75, 3.05) is 18.5 Å². The number of sulfonamides is 1. The van der Waals surface area contributed by atoms with Gasteiger partial charge in [0.2, 0.25) is 10.0 Å². The standard InChI is InChI=1S/C17H16N4O5S2/c1-2-18-28(24,25)12-6-3-5-11(9-12)17(23)26-10-15(22)19-13-7-4-8-14-16(13)21-27-20-14/h3-9,18H,2,10H2,1H3,(H,19,22). The van der Waals surface area contributed by atoms with Crippen molar-refractivity contribution in [3.8, 4) is 0 Å². The van der Waals surface area contributed by atoms with Gasteiger partial charge in [-0.15, -0.1) is 0 Å². The summed E-state index contributed by atoms with van der Waals surface area (Å²) in [6.07, 6.45) is 0. The quantitative estimate of drug-likeness (QED) is 0.558. The lowest BCUT2D eigenvalue weighted by Crippen LogP contribution is -2.24. The van der Waals surface area contributed by atoms with Crippen LogP contribution in [0.5, 0.6) is 0 Å². The van der Waals surface area contributed by atoms with Crippen LogP contribution < -0.4 is 10.0 Å². The molecule has 146 valence electrons. The van der Waals surface area contributed by atoms with E-state index in [0.717, 1.165) is 11.7 Å². The number of fused-ring (bicyclic) bond motifs is 1. The first kappa shape index (κ1) is 19.9. The van der Waals surface area contributed by atoms with Crippen molar-refractivity contribution in [1.82, 2.24) is 13.5 Å². The highest BCUT2D eigenvalue weighted by atomic mass is 32.2. The zero-order valence-corrected chi connectivity index (χ0v) is 16.3. The molecule has 0 saturated carbocycles. The van der Waals surface area contributed by atoms with E-state index < -0.39 is 28.5 Å². The number of benzene rings is 2. The predicted octanol–water partition coefficient (Wildman–Crippen LogP) is 1.78. The van der Waals surface area contributed by atoms with Crippen molar-refractivity contribution in [2.24, 2.45) is 0 Å². The van der Waals surface area contributed by atoms with Crippen LogP contribution in [0.2, 0.25) is 0 Å². The highest BCUT2D eigenvalue weighted by molar-refractivity contribution is 7.89. The van der Waals surface area contributed by atoms with Crippen LogP contribution >= 0.6 is 11.7 Å². The first-order valence-electron chi connectivity index (χ1n) is 8.18. The van der Waals surface area contributed by atoms with E-state index in [1.165, 1.54) is 24.3 Å². The van der Waals surface area contributed by atoms with E-state index in [2.05, 4.69) is 18.8 Å². The molecule has 28 heavy (non-hydrogen) atoms. The SMILES string of the molecule is CCNS(=O)(=O)c1cccc(C(=O)OCC(=O)Nc2cccc3nsnc23)c1. The predicted molar refractivity (Wildman–Crippen MR) is 104 cm³/mol. The first-order chi connectivity index (χ1) is 13.4. The second kappa shape index (κ2) is 8.42. The molecular weight excluding hydrogens is 404 g/mol. The summed E-state index contributed by atoms with van der Waals surface area (Å²) >= 11 is 1.03. The Balaban J connectivity index is 1.64. The molecule has 1 aromatic heterocycles. The van der Waals surface area contributed by atoms with Crippen LogP contribution in [0.1, 0.15) is 17.3 Å². The van der Waals surface area contributed by atoms with E-state index in [0.29, 0.717) is 16.7 Å². The fourth-order valence-electron chi connectivity index (χ4n) is 2.37. The lowest BCUT2D eigenvalue weighted by molar-refractivity contribution is -0.119. The number of aromatic nitrogens is 2. The summed E-state index contributed by atoms with van der Waals surface area (Å²) in [6, 6.07) is 10.6. The maximum absolute atomic E-state index is 12.2. The van der Waals surface area contributed by atoms with E-state index in [1.807, 2.05) is 0 Å². The highest BCUT2D eigenvalue weighted by Crippen LogP contribution is 2.21. The Morgan fingerprint density at radius 2 is 1.93 bits per heavy atom. The van der Waals surface area contributed by atoms with Crippen molar-refractivity contribution in [3.05, 3.63) is 48.0 Å². The molecule has 1 amide bonds. The second-order valence-corrected chi connectivity index (χ2v) is 7.89. The summed E-state index contributed by atoms with van der Waals surface area (Å²) in [5.41, 5.74) is 1.69. The summed E-state index contributed by atoms with van der Waals surface area (Å²) in [6.45, 7) is 1.34. The molecule has 3 aromatic rings. The van der Waals surface area contributed by atoms with Gasteiger partial charge in [-0.1, -0.05) is 19.1 Å². The molecule has 3 rings (SSSR count). The number of carbonyl (C=O) groups is 2. The molecule has 0 unspecified atom stereocenters. The van der Waals surface area contributed by atoms with Crippen molar-refractivity contribution in [1.29, 1.82) is 0 Å². The first-order valence-corrected chi connectivity index (χ1v) is 10.4. The summed E-state index contributed by atoms with van der Waals surface area (Å²) in [5.74, 6) is -1.36. The smallest absolute Gasteiger partial charge is 0.338 e. The highest BCUT2D eigenvalue weighted by Gasteiger charge is 2.17. The summed E-state index contributed by atoms with van der Waals surface area (Å²) < 4.78 is 39.6. The lowest BCUT2D eigenvalue weighted by atomic mass is 10.2. The Bertz CT molecular complexity index is 1130. The van der Waals surface area contributed by atoms with Crippen molar-refractivity contribution >= 4 is 50.3 Å². The number of nitrogens with zero attached hydrogens (tertiary/aromatic N) is 2. The molecule has 0 fully saturated rings. The molecule has 0 radical (unpaired) electrons. The Morgan fingerprint density at radius 1 is 1.14 bits per heavy atom. The average Bonchev–Trinajstić information content (AvgIpc) is 3.16. The van der Waals surface area contributed by atoms with Gasteiger partial charge >= 0.3 is 5.97 Å². The number of carbonyl (C=O) groups excluding carboxylic acids is 2. The van der Waals surface area contributed by atoms with Crippen LogP contribution in [0.3, 0.4) is 0 Å². The molecule has 0 saturated heterocycles. The number of ether oxygens (including phenoxy) is 1. The lowest BCUT2D eigenvalue weighted by Gasteiger charge is -2.08. The van der Waals surface area contributed by atoms with Crippen molar-refractivity contribution in [3.63, 3.8) is 0 Å². The number of hydrogen-bond acceptors (Lipinski definition) is 8. The number of nitrogens with one attached hydrogen (secondary N) is 2. The summed E-state index contributed by atoms with van der Waals surface area (Å²) in [7, 11) is -3.70. The van der Waals surface area contributed by atoms with E-state index in [-0.39, 0.29) is 17.0 Å². The molecule has 0 aliphatic rings. The third-order valence-corrected chi connectivity index (χ3v) is 5.69. The van der Waals surface area contributed by atoms with E-state index >= 15 is 0 Å². The van der Waals surface area contributed by atoms with Gasteiger partial charge in [0.25, 0.3) is 5.91 Å². The fraction of sp³-hybridized carbons (Fsp3) is 0.176. The maximum atomic E-state index is 12.2. The van der Waals surface area contributed by atoms with Gasteiger partial charge in [-0.25, -0.2) is 17.9 Å². The zero-order valence-electron chi connectivity index (χ0n) is 14.7. The van der Waals surface area contributed by atoms with Crippen molar-refractivity contribution in [2.45, 2.75) is 11.8 Å². The van der Waals surface area contributed by atoms with Crippen LogP contribution in [0.15, 0.2) is 47.4 Å². The van der Waals surface area contributed by atoms with Gasteiger partial charge in [-0.3, -0.25) is 4.79 Å². The third kappa shape index (κ3) is 4.50. The average molecular weight is 420 g/mol. The van der Waals surface area contributed by atoms with Gasteiger partial charge in [0, 0.05) is 6.54 Å². The van der Waals surface area contributed by atoms with Crippen LogP contribution in [0.25, 0.3) is 11.0 Å². The molecular formula is C17H16N4O5S2. The van der Waals surface area contributed by atoms with Gasteiger partial charge in [-0.2, -0.15) is 8.75 Å². The molecule has 9 nitrogen and oxygen atoms in total. The number of anilines is 1. The Labute approximate surface area is 165 Å². The molecule has 0 aliphatic heterocycles. The minimum absolute atomic E-state index is 0.0255. The minimum Gasteiger partial charge on any atom is -0.452 e. The molecule has 0 atom stereocenters. The van der Waals surface area contributed by atoms with Gasteiger partial charge < -0.3 is 10.1 Å². The Morgan fingerprint density at radius 3 is 2.71 bits per heavy atom. The number of rotatable bonds is 7. The van der Waals surface area contributed by atoms with E-state index in [1.54, 1.807) is 25.1 Å². The molecule has 0 aliphatic carbocycles. The van der Waals surface area contributed by atoms with Gasteiger partial charge in [0.15, 0.2) is 6.61 Å². The monoisotopic (exact) mass is 420 g/mol. The van der Waals surface area contributed by atoms with Crippen LogP contribution in [-0.4, -0.2) is 42.2 Å². The van der Waals surface area contributed by atoms with Gasteiger partial charge in [-0.05, 0) is 30.3 Å². The van der Waals surface area contributed by atoms with E-state index in [4.69, 9.17) is 4.74 Å². The third-order valence-electron chi connectivity index (χ3n) is 3.61. The zero-order chi connectivity index (χ0) is 20.1. The van der Waals surface area contributed by atoms with E-state index in [9.17, 15) is 18.0 Å². The van der Waals surface area contributed by atoms with Crippen LogP contribution in [0.4, 0.5) is 5.69 Å². The van der Waals surface area contributed by atoms with Crippen molar-refractivity contribution < 1.29 is 22.7 Å².